The second-order valence-corrected chi connectivity index (χ2v) is 5.24. The van der Waals surface area contributed by atoms with Crippen molar-refractivity contribution in [2.24, 2.45) is 5.41 Å². The summed E-state index contributed by atoms with van der Waals surface area (Å²) in [6.45, 7) is 0. The van der Waals surface area contributed by atoms with Crippen molar-refractivity contribution < 1.29 is 19.1 Å². The van der Waals surface area contributed by atoms with Gasteiger partial charge in [0.25, 0.3) is 0 Å². The summed E-state index contributed by atoms with van der Waals surface area (Å²) in [6.07, 6.45) is 2.30. The summed E-state index contributed by atoms with van der Waals surface area (Å²) in [5.41, 5.74) is -1.16. The van der Waals surface area contributed by atoms with Crippen molar-refractivity contribution in [3.63, 3.8) is 0 Å². The molecule has 0 unspecified atom stereocenters. The van der Waals surface area contributed by atoms with Crippen LogP contribution in [0.4, 0.5) is 0 Å². The van der Waals surface area contributed by atoms with Crippen LogP contribution in [0.5, 0.6) is 0 Å². The molecule has 6 heteroatoms. The molecule has 17 heavy (non-hydrogen) atoms. The van der Waals surface area contributed by atoms with Gasteiger partial charge in [-0.2, -0.15) is 0 Å². The van der Waals surface area contributed by atoms with Gasteiger partial charge in [-0.25, -0.2) is 0 Å². The number of ether oxygens (including phenoxy) is 2. The lowest BCUT2D eigenvalue weighted by Gasteiger charge is -2.27. The van der Waals surface area contributed by atoms with Crippen LogP contribution in [0, 0.1) is 5.41 Å². The van der Waals surface area contributed by atoms with E-state index in [0.29, 0.717) is 25.7 Å². The Balaban J connectivity index is 5.04. The van der Waals surface area contributed by atoms with Gasteiger partial charge in [0, 0.05) is 10.7 Å². The van der Waals surface area contributed by atoms with Gasteiger partial charge in [0.1, 0.15) is 0 Å². The Labute approximate surface area is 119 Å². The quantitative estimate of drug-likeness (QED) is 0.373. The van der Waals surface area contributed by atoms with E-state index in [1.54, 1.807) is 0 Å². The summed E-state index contributed by atoms with van der Waals surface area (Å²) in [5.74, 6) is -1.02. The molecule has 0 bridgehead atoms. The van der Waals surface area contributed by atoms with Gasteiger partial charge in [0.05, 0.1) is 14.2 Å². The minimum absolute atomic E-state index is 0.435. The van der Waals surface area contributed by atoms with E-state index in [4.69, 9.17) is 9.47 Å². The van der Waals surface area contributed by atoms with Gasteiger partial charge in [0.15, 0.2) is 5.41 Å². The van der Waals surface area contributed by atoms with Crippen LogP contribution >= 0.6 is 31.9 Å². The zero-order valence-corrected chi connectivity index (χ0v) is 13.3. The Bertz CT molecular complexity index is 230. The first-order chi connectivity index (χ1) is 8.08. The van der Waals surface area contributed by atoms with Gasteiger partial charge < -0.3 is 9.47 Å². The predicted octanol–water partition coefficient (Wildman–Crippen LogP) is 2.67. The van der Waals surface area contributed by atoms with Gasteiger partial charge in [-0.3, -0.25) is 9.59 Å². The molecular weight excluding hydrogens is 356 g/mol. The van der Waals surface area contributed by atoms with E-state index in [9.17, 15) is 9.59 Å². The van der Waals surface area contributed by atoms with Crippen LogP contribution in [0.3, 0.4) is 0 Å². The summed E-state index contributed by atoms with van der Waals surface area (Å²) in [5, 5.41) is 1.47. The highest BCUT2D eigenvalue weighted by molar-refractivity contribution is 9.09. The molecule has 0 rings (SSSR count). The Hall–Kier alpha value is -0.100. The third kappa shape index (κ3) is 4.58. The molecule has 0 aliphatic carbocycles. The summed E-state index contributed by atoms with van der Waals surface area (Å²) in [6, 6.07) is 0. The second kappa shape index (κ2) is 8.91. The van der Waals surface area contributed by atoms with Crippen molar-refractivity contribution >= 4 is 43.8 Å². The fourth-order valence-electron chi connectivity index (χ4n) is 1.74. The van der Waals surface area contributed by atoms with Crippen molar-refractivity contribution in [3.8, 4) is 0 Å². The smallest absolute Gasteiger partial charge is 0.323 e. The fraction of sp³-hybridized carbons (Fsp3) is 0.818. The van der Waals surface area contributed by atoms with Crippen molar-refractivity contribution in [2.45, 2.75) is 25.7 Å². The lowest BCUT2D eigenvalue weighted by Crippen LogP contribution is -2.41. The summed E-state index contributed by atoms with van der Waals surface area (Å²) in [7, 11) is 2.59. The summed E-state index contributed by atoms with van der Waals surface area (Å²) in [4.78, 5) is 23.8. The monoisotopic (exact) mass is 372 g/mol. The maximum absolute atomic E-state index is 11.9. The summed E-state index contributed by atoms with van der Waals surface area (Å²) >= 11 is 6.60. The van der Waals surface area contributed by atoms with E-state index in [-0.39, 0.29) is 0 Å². The zero-order chi connectivity index (χ0) is 13.3. The van der Waals surface area contributed by atoms with Gasteiger partial charge in [-0.1, -0.05) is 31.9 Å². The van der Waals surface area contributed by atoms with Gasteiger partial charge >= 0.3 is 11.9 Å². The number of esters is 2. The van der Waals surface area contributed by atoms with E-state index < -0.39 is 17.4 Å². The van der Waals surface area contributed by atoms with Crippen LogP contribution in [0.2, 0.25) is 0 Å². The van der Waals surface area contributed by atoms with Gasteiger partial charge in [0.2, 0.25) is 0 Å². The maximum Gasteiger partial charge on any atom is 0.323 e. The van der Waals surface area contributed by atoms with Crippen LogP contribution in [0.15, 0.2) is 0 Å². The molecule has 0 spiro atoms. The van der Waals surface area contributed by atoms with E-state index in [1.807, 2.05) is 0 Å². The molecule has 0 aliphatic rings. The Morgan fingerprint density at radius 3 is 1.53 bits per heavy atom. The first-order valence-corrected chi connectivity index (χ1v) is 7.62. The molecule has 0 aromatic heterocycles. The van der Waals surface area contributed by atoms with E-state index in [0.717, 1.165) is 10.7 Å². The Morgan fingerprint density at radius 2 is 1.29 bits per heavy atom. The number of carbonyl (C=O) groups is 2. The second-order valence-electron chi connectivity index (χ2n) is 3.65. The molecule has 0 aromatic carbocycles. The average molecular weight is 374 g/mol. The van der Waals surface area contributed by atoms with Crippen LogP contribution in [0.1, 0.15) is 25.7 Å². The number of rotatable bonds is 8. The fourth-order valence-corrected chi connectivity index (χ4v) is 2.31. The van der Waals surface area contributed by atoms with Crippen LogP contribution < -0.4 is 0 Å². The number of hydrogen-bond acceptors (Lipinski definition) is 4. The Morgan fingerprint density at radius 1 is 0.941 bits per heavy atom. The van der Waals surface area contributed by atoms with Crippen molar-refractivity contribution in [1.29, 1.82) is 0 Å². The van der Waals surface area contributed by atoms with E-state index >= 15 is 0 Å². The molecule has 0 amide bonds. The zero-order valence-electron chi connectivity index (χ0n) is 10.1. The summed E-state index contributed by atoms with van der Waals surface area (Å²) < 4.78 is 9.52. The molecule has 0 saturated heterocycles. The van der Waals surface area contributed by atoms with Crippen LogP contribution in [-0.2, 0) is 19.1 Å². The molecule has 0 N–H and O–H groups in total. The molecule has 0 aromatic rings. The van der Waals surface area contributed by atoms with Gasteiger partial charge in [-0.15, -0.1) is 0 Å². The minimum Gasteiger partial charge on any atom is -0.468 e. The molecular formula is C11H18Br2O4. The van der Waals surface area contributed by atoms with E-state index in [1.165, 1.54) is 14.2 Å². The molecule has 0 aliphatic heterocycles. The number of halogens is 2. The lowest BCUT2D eigenvalue weighted by atomic mass is 9.79. The highest BCUT2D eigenvalue weighted by Crippen LogP contribution is 2.33. The molecule has 0 radical (unpaired) electrons. The molecule has 0 heterocycles. The first kappa shape index (κ1) is 16.9. The highest BCUT2D eigenvalue weighted by Gasteiger charge is 2.47. The largest absolute Gasteiger partial charge is 0.468 e. The highest BCUT2D eigenvalue weighted by atomic mass is 79.9. The molecule has 0 atom stereocenters. The maximum atomic E-state index is 11.9. The van der Waals surface area contributed by atoms with Crippen molar-refractivity contribution in [2.75, 3.05) is 24.9 Å². The number of hydrogen-bond donors (Lipinski definition) is 0. The van der Waals surface area contributed by atoms with E-state index in [2.05, 4.69) is 31.9 Å². The average Bonchev–Trinajstić information content (AvgIpc) is 2.37. The van der Waals surface area contributed by atoms with Gasteiger partial charge in [-0.05, 0) is 25.7 Å². The Kier molecular flexibility index (Phi) is 8.86. The predicted molar refractivity (Wildman–Crippen MR) is 72.5 cm³/mol. The number of carbonyl (C=O) groups excluding carboxylic acids is 2. The SMILES string of the molecule is COC(=O)C(CCCBr)(CCCBr)C(=O)OC. The molecule has 100 valence electrons. The molecule has 0 saturated carbocycles. The number of alkyl halides is 2. The standard InChI is InChI=1S/C11H18Br2O4/c1-16-9(14)11(5-3-7-12,6-4-8-13)10(15)17-2/h3-8H2,1-2H3. The lowest BCUT2D eigenvalue weighted by molar-refractivity contribution is -0.170. The van der Waals surface area contributed by atoms with Crippen LogP contribution in [0.25, 0.3) is 0 Å². The third-order valence-electron chi connectivity index (χ3n) is 2.63. The minimum atomic E-state index is -1.16. The molecule has 4 nitrogen and oxygen atoms in total. The topological polar surface area (TPSA) is 52.6 Å². The first-order valence-electron chi connectivity index (χ1n) is 5.37. The molecule has 0 fully saturated rings. The van der Waals surface area contributed by atoms with Crippen molar-refractivity contribution in [3.05, 3.63) is 0 Å². The number of methoxy groups -OCH3 is 2. The normalized spacial score (nSPS) is 11.1. The van der Waals surface area contributed by atoms with Crippen molar-refractivity contribution in [1.82, 2.24) is 0 Å². The third-order valence-corrected chi connectivity index (χ3v) is 3.75. The van der Waals surface area contributed by atoms with Crippen LogP contribution in [-0.4, -0.2) is 36.8 Å².